The van der Waals surface area contributed by atoms with Crippen LogP contribution in [-0.4, -0.2) is 12.2 Å². The third-order valence-electron chi connectivity index (χ3n) is 3.34. The minimum Gasteiger partial charge on any atom is -0.400 e. The van der Waals surface area contributed by atoms with E-state index in [1.54, 1.807) is 0 Å². The summed E-state index contributed by atoms with van der Waals surface area (Å²) in [5.74, 6) is 1.97. The Labute approximate surface area is 104 Å². The van der Waals surface area contributed by atoms with E-state index in [1.165, 1.54) is 51.4 Å². The molecular formula is C15H34O. The highest BCUT2D eigenvalue weighted by Gasteiger charge is 2.14. The summed E-state index contributed by atoms with van der Waals surface area (Å²) in [5, 5.41) is 7.00. The van der Waals surface area contributed by atoms with Crippen LogP contribution in [0.15, 0.2) is 0 Å². The molecule has 0 aromatic rings. The molecule has 0 spiro atoms. The summed E-state index contributed by atoms with van der Waals surface area (Å²) in [7, 11) is 1.00. The van der Waals surface area contributed by atoms with Gasteiger partial charge in [-0.15, -0.1) is 0 Å². The second kappa shape index (κ2) is 15.0. The van der Waals surface area contributed by atoms with Gasteiger partial charge in [0, 0.05) is 7.11 Å². The van der Waals surface area contributed by atoms with Crippen LogP contribution in [0.25, 0.3) is 0 Å². The molecule has 1 saturated carbocycles. The van der Waals surface area contributed by atoms with Gasteiger partial charge in [-0.3, -0.25) is 0 Å². The van der Waals surface area contributed by atoms with Gasteiger partial charge in [0.25, 0.3) is 0 Å². The SMILES string of the molecule is CC(C)C1CCCCCC1.CCCC.CO. The molecule has 1 nitrogen and oxygen atoms in total. The van der Waals surface area contributed by atoms with Crippen molar-refractivity contribution in [2.45, 2.75) is 79.1 Å². The quantitative estimate of drug-likeness (QED) is 0.660. The average molecular weight is 230 g/mol. The second-order valence-corrected chi connectivity index (χ2v) is 5.00. The van der Waals surface area contributed by atoms with E-state index in [2.05, 4.69) is 27.7 Å². The summed E-state index contributed by atoms with van der Waals surface area (Å²) in [4.78, 5) is 0. The first-order chi connectivity index (χ1) is 7.72. The molecule has 1 fully saturated rings. The molecule has 1 aliphatic carbocycles. The molecule has 0 unspecified atom stereocenters. The highest BCUT2D eigenvalue weighted by molar-refractivity contribution is 4.66. The van der Waals surface area contributed by atoms with Crippen LogP contribution in [0.3, 0.4) is 0 Å². The summed E-state index contributed by atoms with van der Waals surface area (Å²) in [5.41, 5.74) is 0. The van der Waals surface area contributed by atoms with Crippen LogP contribution in [0.5, 0.6) is 0 Å². The molecule has 1 heteroatoms. The van der Waals surface area contributed by atoms with Gasteiger partial charge < -0.3 is 5.11 Å². The van der Waals surface area contributed by atoms with Crippen LogP contribution in [0.1, 0.15) is 79.1 Å². The first kappa shape index (κ1) is 18.3. The lowest BCUT2D eigenvalue weighted by molar-refractivity contribution is 0.342. The van der Waals surface area contributed by atoms with Crippen LogP contribution < -0.4 is 0 Å². The number of unbranched alkanes of at least 4 members (excludes halogenated alkanes) is 1. The Kier molecular flexibility index (Phi) is 17.1. The first-order valence-corrected chi connectivity index (χ1v) is 7.17. The predicted molar refractivity (Wildman–Crippen MR) is 74.8 cm³/mol. The van der Waals surface area contributed by atoms with Gasteiger partial charge in [-0.1, -0.05) is 79.1 Å². The van der Waals surface area contributed by atoms with Gasteiger partial charge >= 0.3 is 0 Å². The standard InChI is InChI=1S/C10H20.C4H10.CH4O/c1-9(2)10-7-5-3-4-6-8-10;1-3-4-2;1-2/h9-10H,3-8H2,1-2H3;3-4H2,1-2H3;2H,1H3. The molecule has 16 heavy (non-hydrogen) atoms. The third kappa shape index (κ3) is 12.0. The maximum atomic E-state index is 7.00. The van der Waals surface area contributed by atoms with E-state index in [0.717, 1.165) is 18.9 Å². The molecule has 0 amide bonds. The van der Waals surface area contributed by atoms with Crippen LogP contribution in [0, 0.1) is 11.8 Å². The zero-order valence-corrected chi connectivity index (χ0v) is 12.3. The molecule has 0 saturated heterocycles. The van der Waals surface area contributed by atoms with Crippen LogP contribution in [-0.2, 0) is 0 Å². The van der Waals surface area contributed by atoms with E-state index in [0.29, 0.717) is 0 Å². The van der Waals surface area contributed by atoms with E-state index in [9.17, 15) is 0 Å². The molecule has 0 atom stereocenters. The molecule has 0 bridgehead atoms. The zero-order chi connectivity index (χ0) is 12.8. The predicted octanol–water partition coefficient (Wildman–Crippen LogP) is 5.03. The molecule has 100 valence electrons. The van der Waals surface area contributed by atoms with E-state index in [4.69, 9.17) is 5.11 Å². The van der Waals surface area contributed by atoms with Gasteiger partial charge in [0.1, 0.15) is 0 Å². The van der Waals surface area contributed by atoms with Crippen molar-refractivity contribution in [2.24, 2.45) is 11.8 Å². The first-order valence-electron chi connectivity index (χ1n) is 7.17. The maximum absolute atomic E-state index is 7.00. The number of aliphatic hydroxyl groups excluding tert-OH is 1. The lowest BCUT2D eigenvalue weighted by Gasteiger charge is -2.17. The summed E-state index contributed by atoms with van der Waals surface area (Å²) in [6, 6.07) is 0. The van der Waals surface area contributed by atoms with E-state index in [1.807, 2.05) is 0 Å². The van der Waals surface area contributed by atoms with Crippen LogP contribution in [0.4, 0.5) is 0 Å². The Bertz CT molecular complexity index is 100. The van der Waals surface area contributed by atoms with Gasteiger partial charge in [-0.05, 0) is 11.8 Å². The Morgan fingerprint density at radius 2 is 1.25 bits per heavy atom. The Morgan fingerprint density at radius 1 is 0.875 bits per heavy atom. The summed E-state index contributed by atoms with van der Waals surface area (Å²) in [6.45, 7) is 9.10. The highest BCUT2D eigenvalue weighted by atomic mass is 16.2. The van der Waals surface area contributed by atoms with E-state index in [-0.39, 0.29) is 0 Å². The van der Waals surface area contributed by atoms with Crippen molar-refractivity contribution >= 4 is 0 Å². The highest BCUT2D eigenvalue weighted by Crippen LogP contribution is 2.28. The summed E-state index contributed by atoms with van der Waals surface area (Å²) in [6.07, 6.45) is 11.6. The molecule has 0 aromatic carbocycles. The monoisotopic (exact) mass is 230 g/mol. The normalized spacial score (nSPS) is 16.7. The van der Waals surface area contributed by atoms with Gasteiger partial charge in [0.05, 0.1) is 0 Å². The van der Waals surface area contributed by atoms with Crippen LogP contribution in [0.2, 0.25) is 0 Å². The average Bonchev–Trinajstić information content (AvgIpc) is 2.60. The lowest BCUT2D eigenvalue weighted by Crippen LogP contribution is -2.06. The van der Waals surface area contributed by atoms with E-state index >= 15 is 0 Å². The van der Waals surface area contributed by atoms with Gasteiger partial charge in [-0.2, -0.15) is 0 Å². The van der Waals surface area contributed by atoms with Crippen molar-refractivity contribution in [1.29, 1.82) is 0 Å². The number of aliphatic hydroxyl groups is 1. The van der Waals surface area contributed by atoms with Crippen molar-refractivity contribution in [3.05, 3.63) is 0 Å². The maximum Gasteiger partial charge on any atom is 0.0319 e. The molecule has 1 rings (SSSR count). The largest absolute Gasteiger partial charge is 0.400 e. The van der Waals surface area contributed by atoms with E-state index < -0.39 is 0 Å². The fraction of sp³-hybridized carbons (Fsp3) is 1.00. The van der Waals surface area contributed by atoms with Crippen molar-refractivity contribution in [3.8, 4) is 0 Å². The Morgan fingerprint density at radius 3 is 1.50 bits per heavy atom. The van der Waals surface area contributed by atoms with Crippen molar-refractivity contribution in [1.82, 2.24) is 0 Å². The minimum absolute atomic E-state index is 0.929. The van der Waals surface area contributed by atoms with Gasteiger partial charge in [0.2, 0.25) is 0 Å². The fourth-order valence-corrected chi connectivity index (χ4v) is 1.98. The molecule has 1 N–H and O–H groups in total. The summed E-state index contributed by atoms with van der Waals surface area (Å²) >= 11 is 0. The van der Waals surface area contributed by atoms with Crippen molar-refractivity contribution in [3.63, 3.8) is 0 Å². The molecule has 0 aliphatic heterocycles. The minimum atomic E-state index is 0.929. The smallest absolute Gasteiger partial charge is 0.0319 e. The topological polar surface area (TPSA) is 20.2 Å². The van der Waals surface area contributed by atoms with Gasteiger partial charge in [-0.25, -0.2) is 0 Å². The Hall–Kier alpha value is -0.0400. The van der Waals surface area contributed by atoms with Gasteiger partial charge in [0.15, 0.2) is 0 Å². The number of rotatable bonds is 2. The zero-order valence-electron chi connectivity index (χ0n) is 12.3. The number of hydrogen-bond donors (Lipinski definition) is 1. The third-order valence-corrected chi connectivity index (χ3v) is 3.34. The number of hydrogen-bond acceptors (Lipinski definition) is 1. The van der Waals surface area contributed by atoms with Crippen molar-refractivity contribution in [2.75, 3.05) is 7.11 Å². The molecule has 0 heterocycles. The summed E-state index contributed by atoms with van der Waals surface area (Å²) < 4.78 is 0. The fourth-order valence-electron chi connectivity index (χ4n) is 1.98. The molecular weight excluding hydrogens is 196 g/mol. The Balaban J connectivity index is 0. The lowest BCUT2D eigenvalue weighted by atomic mass is 9.89. The molecule has 0 aromatic heterocycles. The second-order valence-electron chi connectivity index (χ2n) is 5.00. The van der Waals surface area contributed by atoms with Crippen LogP contribution >= 0.6 is 0 Å². The molecule has 0 radical (unpaired) electrons. The molecule has 1 aliphatic rings. The van der Waals surface area contributed by atoms with Crippen molar-refractivity contribution < 1.29 is 5.11 Å².